The second-order valence-electron chi connectivity index (χ2n) is 4.02. The number of rotatable bonds is 3. The molecule has 1 fully saturated rings. The van der Waals surface area contributed by atoms with Crippen LogP contribution in [0, 0.1) is 0 Å². The molecular weight excluding hydrogens is 206 g/mol. The molecule has 0 aromatic carbocycles. The van der Waals surface area contributed by atoms with E-state index < -0.39 is 0 Å². The largest absolute Gasteiger partial charge is 0.397 e. The fourth-order valence-electron chi connectivity index (χ4n) is 1.78. The highest BCUT2D eigenvalue weighted by Gasteiger charge is 2.19. The van der Waals surface area contributed by atoms with Gasteiger partial charge in [0.25, 0.3) is 0 Å². The van der Waals surface area contributed by atoms with Crippen molar-refractivity contribution in [2.75, 3.05) is 24.3 Å². The van der Waals surface area contributed by atoms with Crippen LogP contribution in [0.25, 0.3) is 0 Å². The van der Waals surface area contributed by atoms with Gasteiger partial charge in [0.2, 0.25) is 0 Å². The number of anilines is 1. The highest BCUT2D eigenvalue weighted by molar-refractivity contribution is 7.99. The van der Waals surface area contributed by atoms with Gasteiger partial charge in [-0.15, -0.1) is 0 Å². The maximum absolute atomic E-state index is 5.60. The molecule has 0 radical (unpaired) electrons. The van der Waals surface area contributed by atoms with Gasteiger partial charge in [0.05, 0.1) is 17.6 Å². The molecule has 2 N–H and O–H groups in total. The summed E-state index contributed by atoms with van der Waals surface area (Å²) in [5.41, 5.74) is 7.43. The first-order chi connectivity index (χ1) is 7.25. The lowest BCUT2D eigenvalue weighted by Crippen LogP contribution is -2.31. The lowest BCUT2D eigenvalue weighted by Gasteiger charge is -2.22. The van der Waals surface area contributed by atoms with Crippen LogP contribution >= 0.6 is 11.8 Å². The third kappa shape index (κ3) is 2.86. The van der Waals surface area contributed by atoms with Gasteiger partial charge in [-0.2, -0.15) is 11.8 Å². The molecule has 1 atom stereocenters. The molecule has 0 aliphatic carbocycles. The Kier molecular flexibility index (Phi) is 3.49. The Hall–Kier alpha value is -0.740. The van der Waals surface area contributed by atoms with Gasteiger partial charge < -0.3 is 5.73 Å². The molecule has 1 aromatic rings. The normalized spacial score (nSPS) is 21.1. The maximum atomic E-state index is 5.60. The van der Waals surface area contributed by atoms with Crippen LogP contribution in [0.5, 0.6) is 0 Å². The van der Waals surface area contributed by atoms with Crippen molar-refractivity contribution in [2.45, 2.75) is 19.0 Å². The Balaban J connectivity index is 1.92. The van der Waals surface area contributed by atoms with Crippen molar-refractivity contribution in [3.63, 3.8) is 0 Å². The van der Waals surface area contributed by atoms with Crippen LogP contribution in [-0.2, 0) is 6.54 Å². The number of hydrogen-bond donors (Lipinski definition) is 1. The number of aromatic nitrogens is 1. The Morgan fingerprint density at radius 3 is 3.07 bits per heavy atom. The van der Waals surface area contributed by atoms with E-state index in [9.17, 15) is 0 Å². The molecule has 1 aromatic heterocycles. The minimum Gasteiger partial charge on any atom is -0.397 e. The summed E-state index contributed by atoms with van der Waals surface area (Å²) in [5.74, 6) is 2.55. The first kappa shape index (κ1) is 10.8. The van der Waals surface area contributed by atoms with Gasteiger partial charge in [-0.3, -0.25) is 9.88 Å². The predicted molar refractivity (Wildman–Crippen MR) is 65.8 cm³/mol. The van der Waals surface area contributed by atoms with Gasteiger partial charge in [-0.25, -0.2) is 0 Å². The van der Waals surface area contributed by atoms with E-state index in [1.54, 1.807) is 6.20 Å². The summed E-state index contributed by atoms with van der Waals surface area (Å²) in [6, 6.07) is 4.64. The lowest BCUT2D eigenvalue weighted by atomic mass is 10.2. The lowest BCUT2D eigenvalue weighted by molar-refractivity contribution is 0.251. The second kappa shape index (κ2) is 4.86. The fourth-order valence-corrected chi connectivity index (χ4v) is 3.08. The van der Waals surface area contributed by atoms with E-state index in [0.29, 0.717) is 6.04 Å². The number of thioether (sulfide) groups is 1. The van der Waals surface area contributed by atoms with E-state index in [-0.39, 0.29) is 0 Å². The van der Waals surface area contributed by atoms with Crippen molar-refractivity contribution >= 4 is 17.4 Å². The summed E-state index contributed by atoms with van der Waals surface area (Å²) in [6.45, 7) is 0.922. The van der Waals surface area contributed by atoms with Crippen LogP contribution in [0.1, 0.15) is 12.1 Å². The molecule has 0 spiro atoms. The standard InChI is InChI=1S/C11H17N3S/c1-14(11-4-5-15-8-11)7-10-3-2-9(12)6-13-10/h2-3,6,11H,4-5,7-8,12H2,1H3. The van der Waals surface area contributed by atoms with Crippen LogP contribution in [0.2, 0.25) is 0 Å². The van der Waals surface area contributed by atoms with Gasteiger partial charge in [0.1, 0.15) is 0 Å². The molecule has 1 unspecified atom stereocenters. The first-order valence-electron chi connectivity index (χ1n) is 5.24. The van der Waals surface area contributed by atoms with Crippen LogP contribution in [0.3, 0.4) is 0 Å². The molecule has 0 amide bonds. The molecule has 2 heterocycles. The molecule has 3 nitrogen and oxygen atoms in total. The van der Waals surface area contributed by atoms with Gasteiger partial charge >= 0.3 is 0 Å². The summed E-state index contributed by atoms with van der Waals surface area (Å²) < 4.78 is 0. The van der Waals surface area contributed by atoms with Gasteiger partial charge in [0.15, 0.2) is 0 Å². The highest BCUT2D eigenvalue weighted by Crippen LogP contribution is 2.22. The minimum atomic E-state index is 0.717. The third-order valence-corrected chi connectivity index (χ3v) is 3.93. The zero-order chi connectivity index (χ0) is 10.7. The number of nitrogen functional groups attached to an aromatic ring is 1. The van der Waals surface area contributed by atoms with E-state index in [1.165, 1.54) is 17.9 Å². The highest BCUT2D eigenvalue weighted by atomic mass is 32.2. The second-order valence-corrected chi connectivity index (χ2v) is 5.17. The Labute approximate surface area is 95.1 Å². The van der Waals surface area contributed by atoms with Crippen molar-refractivity contribution in [1.82, 2.24) is 9.88 Å². The maximum Gasteiger partial charge on any atom is 0.0545 e. The molecule has 1 saturated heterocycles. The van der Waals surface area contributed by atoms with Crippen LogP contribution in [0.4, 0.5) is 5.69 Å². The molecule has 82 valence electrons. The van der Waals surface area contributed by atoms with E-state index >= 15 is 0 Å². The smallest absolute Gasteiger partial charge is 0.0545 e. The topological polar surface area (TPSA) is 42.1 Å². The van der Waals surface area contributed by atoms with Gasteiger partial charge in [0, 0.05) is 18.3 Å². The number of nitrogens with two attached hydrogens (primary N) is 1. The molecule has 2 rings (SSSR count). The van der Waals surface area contributed by atoms with E-state index in [1.807, 2.05) is 23.9 Å². The Morgan fingerprint density at radius 2 is 2.47 bits per heavy atom. The number of hydrogen-bond acceptors (Lipinski definition) is 4. The van der Waals surface area contributed by atoms with Gasteiger partial charge in [-0.1, -0.05) is 0 Å². The zero-order valence-electron chi connectivity index (χ0n) is 9.02. The van der Waals surface area contributed by atoms with Crippen molar-refractivity contribution in [3.8, 4) is 0 Å². The van der Waals surface area contributed by atoms with Gasteiger partial charge in [-0.05, 0) is 31.4 Å². The zero-order valence-corrected chi connectivity index (χ0v) is 9.83. The Morgan fingerprint density at radius 1 is 1.60 bits per heavy atom. The summed E-state index contributed by atoms with van der Waals surface area (Å²) in [4.78, 5) is 6.70. The average molecular weight is 223 g/mol. The Bertz CT molecular complexity index is 306. The third-order valence-electron chi connectivity index (χ3n) is 2.79. The molecule has 0 saturated carbocycles. The molecule has 0 bridgehead atoms. The molecular formula is C11H17N3S. The van der Waals surface area contributed by atoms with E-state index in [4.69, 9.17) is 5.73 Å². The van der Waals surface area contributed by atoms with Crippen molar-refractivity contribution in [1.29, 1.82) is 0 Å². The molecule has 1 aliphatic rings. The van der Waals surface area contributed by atoms with Crippen molar-refractivity contribution < 1.29 is 0 Å². The summed E-state index contributed by atoms with van der Waals surface area (Å²) in [7, 11) is 2.18. The quantitative estimate of drug-likeness (QED) is 0.845. The molecule has 15 heavy (non-hydrogen) atoms. The van der Waals surface area contributed by atoms with Crippen molar-refractivity contribution in [3.05, 3.63) is 24.0 Å². The first-order valence-corrected chi connectivity index (χ1v) is 6.39. The number of nitrogens with zero attached hydrogens (tertiary/aromatic N) is 2. The average Bonchev–Trinajstić information content (AvgIpc) is 2.74. The van der Waals surface area contributed by atoms with Crippen LogP contribution < -0.4 is 5.73 Å². The van der Waals surface area contributed by atoms with Crippen LogP contribution in [0.15, 0.2) is 18.3 Å². The van der Waals surface area contributed by atoms with Crippen molar-refractivity contribution in [2.24, 2.45) is 0 Å². The monoisotopic (exact) mass is 223 g/mol. The fraction of sp³-hybridized carbons (Fsp3) is 0.545. The van der Waals surface area contributed by atoms with Crippen LogP contribution in [-0.4, -0.2) is 34.5 Å². The number of pyridine rings is 1. The minimum absolute atomic E-state index is 0.717. The predicted octanol–water partition coefficient (Wildman–Crippen LogP) is 1.60. The summed E-state index contributed by atoms with van der Waals surface area (Å²) >= 11 is 2.04. The molecule has 4 heteroatoms. The summed E-state index contributed by atoms with van der Waals surface area (Å²) in [6.07, 6.45) is 3.03. The summed E-state index contributed by atoms with van der Waals surface area (Å²) in [5, 5.41) is 0. The molecule has 1 aliphatic heterocycles. The van der Waals surface area contributed by atoms with E-state index in [2.05, 4.69) is 16.9 Å². The SMILES string of the molecule is CN(Cc1ccc(N)cn1)C1CCSC1. The van der Waals surface area contributed by atoms with E-state index in [0.717, 1.165) is 17.9 Å².